The van der Waals surface area contributed by atoms with Gasteiger partial charge in [-0.2, -0.15) is 21.8 Å². The number of fused-ring (bicyclic) bond motifs is 5. The number of aromatic amines is 1. The van der Waals surface area contributed by atoms with Crippen molar-refractivity contribution in [1.29, 1.82) is 0 Å². The number of ether oxygens (including phenoxy) is 5. The number of anilines is 5. The van der Waals surface area contributed by atoms with E-state index in [1.54, 1.807) is 80.7 Å². The molecule has 756 valence electrons. The first-order chi connectivity index (χ1) is 68.4. The second kappa shape index (κ2) is 44.0. The van der Waals surface area contributed by atoms with Crippen molar-refractivity contribution in [3.8, 4) is 56.9 Å². The van der Waals surface area contributed by atoms with Crippen molar-refractivity contribution >= 4 is 142 Å². The predicted octanol–water partition coefficient (Wildman–Crippen LogP) is 15.8. The van der Waals surface area contributed by atoms with Crippen LogP contribution in [0.1, 0.15) is 119 Å². The van der Waals surface area contributed by atoms with Crippen LogP contribution in [0, 0.1) is 18.7 Å². The molecule has 0 bridgehead atoms. The number of rotatable bonds is 19. The summed E-state index contributed by atoms with van der Waals surface area (Å²) < 4.78 is 128. The summed E-state index contributed by atoms with van der Waals surface area (Å²) in [6.07, 6.45) is 41.4. The van der Waals surface area contributed by atoms with Crippen LogP contribution in [0.3, 0.4) is 0 Å². The van der Waals surface area contributed by atoms with Gasteiger partial charge in [-0.05, 0) is 90.6 Å². The van der Waals surface area contributed by atoms with Crippen molar-refractivity contribution in [3.63, 3.8) is 0 Å². The molecule has 11 aromatic heterocycles. The van der Waals surface area contributed by atoms with Crippen LogP contribution in [-0.2, 0) is 98.0 Å². The molecule has 0 aromatic carbocycles. The summed E-state index contributed by atoms with van der Waals surface area (Å²) in [5.74, 6) is 9.61. The minimum atomic E-state index is -2.44. The average molecular weight is 2040 g/mol. The molecule has 5 aliphatic heterocycles. The molecule has 3 unspecified atom stereocenters. The number of allylic oxidation sites excluding steroid dienone is 4. The maximum atomic E-state index is 14.8. The van der Waals surface area contributed by atoms with Crippen LogP contribution in [0.25, 0.3) is 92.3 Å². The highest BCUT2D eigenvalue weighted by atomic mass is 32.2. The van der Waals surface area contributed by atoms with E-state index < -0.39 is 54.5 Å². The Hall–Kier alpha value is -11.9. The fourth-order valence-corrected chi connectivity index (χ4v) is 21.9. The first-order valence-electron chi connectivity index (χ1n) is 48.3. The highest BCUT2D eigenvalue weighted by Crippen LogP contribution is 2.41. The molecule has 42 heteroatoms. The van der Waals surface area contributed by atoms with Crippen LogP contribution >= 0.6 is 0 Å². The van der Waals surface area contributed by atoms with Gasteiger partial charge in [0, 0.05) is 249 Å². The van der Waals surface area contributed by atoms with E-state index >= 15 is 0 Å². The molecule has 10 aliphatic rings. The molecular formula is C101H125FN26O10S5. The molecule has 1 saturated carbocycles. The molecule has 143 heavy (non-hydrogen) atoms. The zero-order valence-corrected chi connectivity index (χ0v) is 87.8. The summed E-state index contributed by atoms with van der Waals surface area (Å²) in [5.41, 5.74) is 13.5. The molecule has 8 atom stereocenters. The molecule has 6 fully saturated rings. The molecule has 5 aliphatic carbocycles. The maximum absolute atomic E-state index is 14.8. The summed E-state index contributed by atoms with van der Waals surface area (Å²) in [4.78, 5) is 83.3. The molecule has 0 amide bonds. The van der Waals surface area contributed by atoms with Gasteiger partial charge in [0.1, 0.15) is 34.7 Å². The molecule has 1 N–H and O–H groups in total. The Morgan fingerprint density at radius 1 is 0.406 bits per heavy atom. The number of nitrogens with one attached hydrogen (secondary N) is 1. The molecule has 36 nitrogen and oxygen atoms in total. The zero-order valence-electron chi connectivity index (χ0n) is 83.8. The molecule has 0 spiro atoms. The summed E-state index contributed by atoms with van der Waals surface area (Å²) >= 11 is 0. The monoisotopic (exact) mass is 2040 g/mol. The van der Waals surface area contributed by atoms with E-state index in [4.69, 9.17) is 53.6 Å². The highest BCUT2D eigenvalue weighted by Gasteiger charge is 2.33. The van der Waals surface area contributed by atoms with Crippen molar-refractivity contribution in [2.75, 3.05) is 179 Å². The largest absolute Gasteiger partial charge is 0.377 e. The Bertz CT molecular complexity index is 7460. The van der Waals surface area contributed by atoms with Crippen molar-refractivity contribution in [2.45, 2.75) is 136 Å². The summed E-state index contributed by atoms with van der Waals surface area (Å²) in [6.45, 7) is 28.2. The van der Waals surface area contributed by atoms with Gasteiger partial charge < -0.3 is 53.2 Å². The van der Waals surface area contributed by atoms with Gasteiger partial charge in [-0.25, -0.2) is 80.3 Å². The SMILES string of the molecule is CC(C)S(C)(=O)=Nc1cc(N2CCOC[C@H]2C)nc(-c2ccnc3c2C=CC3)n1.CCS(C)(=O)=Nc1cc(N2CCOC[C@H]2C)nc(-c2ccnc3c2C=CC3)n1.C[C@@H]1COCCN1c1cc(N=S(C)(=O)CC2CC2)nc(-c2ccnc3c2C=CC3)n1.C[C@@H]1COCCN1c1cc(N=S(C)(C)=O)nc(-c2c(F)cnc3c2C=CC3)n1.Cc1cc2c(-c3nc(N=S(C)(C)=O)cc(N4CCOC[C@H]4C)n3)ccnc2[nH]1. The number of H-pyrrole nitrogens is 1. The Morgan fingerprint density at radius 3 is 1.08 bits per heavy atom. The number of nitrogens with zero attached hydrogens (tertiary/aromatic N) is 25. The van der Waals surface area contributed by atoms with E-state index in [9.17, 15) is 25.4 Å². The third-order valence-electron chi connectivity index (χ3n) is 25.5. The molecular weight excluding hydrogens is 1920 g/mol. The first kappa shape index (κ1) is 103. The molecule has 21 rings (SSSR count). The van der Waals surface area contributed by atoms with E-state index in [0.29, 0.717) is 160 Å². The van der Waals surface area contributed by atoms with Crippen molar-refractivity contribution in [1.82, 2.24) is 79.7 Å². The van der Waals surface area contributed by atoms with E-state index in [2.05, 4.69) is 160 Å². The average Bonchev–Trinajstić information content (AvgIpc) is 1.72. The predicted molar refractivity (Wildman–Crippen MR) is 568 cm³/mol. The number of hydrogen-bond donors (Lipinski definition) is 1. The number of aryl methyl sites for hydroxylation is 1. The number of morpholine rings is 5. The second-order valence-corrected chi connectivity index (χ2v) is 51.2. The fourth-order valence-electron chi connectivity index (χ4n) is 17.8. The number of halogens is 1. The van der Waals surface area contributed by atoms with Gasteiger partial charge in [-0.1, -0.05) is 69.4 Å². The Kier molecular flexibility index (Phi) is 31.5. The highest BCUT2D eigenvalue weighted by molar-refractivity contribution is 7.94. The van der Waals surface area contributed by atoms with Crippen LogP contribution < -0.4 is 24.5 Å². The first-order valence-corrected chi connectivity index (χ1v) is 59.1. The van der Waals surface area contributed by atoms with Gasteiger partial charge >= 0.3 is 0 Å². The summed E-state index contributed by atoms with van der Waals surface area (Å²) in [6, 6.07) is 19.7. The summed E-state index contributed by atoms with van der Waals surface area (Å²) in [7, 11) is -11.9. The summed E-state index contributed by atoms with van der Waals surface area (Å²) in [5, 5.41) is 0.881. The van der Waals surface area contributed by atoms with Crippen molar-refractivity contribution in [2.24, 2.45) is 27.7 Å². The van der Waals surface area contributed by atoms with Crippen LogP contribution in [0.4, 0.5) is 62.6 Å². The second-order valence-electron chi connectivity index (χ2n) is 38.2. The van der Waals surface area contributed by atoms with E-state index in [0.717, 1.165) is 160 Å². The van der Waals surface area contributed by atoms with Gasteiger partial charge in [0.25, 0.3) is 0 Å². The van der Waals surface area contributed by atoms with E-state index in [1.807, 2.05) is 95.3 Å². The Labute approximate surface area is 837 Å². The third-order valence-corrected chi connectivity index (χ3v) is 32.4. The third kappa shape index (κ3) is 25.4. The Morgan fingerprint density at radius 2 is 0.727 bits per heavy atom. The van der Waals surface area contributed by atoms with Gasteiger partial charge in [0.2, 0.25) is 0 Å². The maximum Gasteiger partial charge on any atom is 0.167 e. The lowest BCUT2D eigenvalue weighted by molar-refractivity contribution is 0.0985. The number of aromatic nitrogens is 16. The Balaban J connectivity index is 0.000000123. The lowest BCUT2D eigenvalue weighted by Crippen LogP contribution is -2.44. The topological polar surface area (TPSA) is 419 Å². The lowest BCUT2D eigenvalue weighted by atomic mass is 10.1. The number of hydrogen-bond acceptors (Lipinski definition) is 35. The van der Waals surface area contributed by atoms with Gasteiger partial charge in [-0.3, -0.25) is 19.9 Å². The molecule has 11 aromatic rings. The molecule has 0 radical (unpaired) electrons. The molecule has 5 saturated heterocycles. The van der Waals surface area contributed by atoms with E-state index in [1.165, 1.54) is 6.20 Å². The minimum absolute atomic E-state index is 0.0696. The minimum Gasteiger partial charge on any atom is -0.377 e. The van der Waals surface area contributed by atoms with Gasteiger partial charge in [0.15, 0.2) is 64.0 Å². The quantitative estimate of drug-likeness (QED) is 0.0785. The fraction of sp³-hybridized carbons (Fsp3) is 0.455. The van der Waals surface area contributed by atoms with E-state index in [-0.39, 0.29) is 47.1 Å². The standard InChI is InChI=1S/C22H27N5O2S.C21H27N5O2S.C20H25N5O2S.C19H22FN5O2S.C19H24N6O2S/c1-15-13-29-11-10-27(15)21-12-20(26-30(2,28)14-16-6-7-16)24-22(25-21)18-8-9-23-19-5-3-4-17(18)19;1-14(2)29(4,27)25-19-12-20(26-10-11-28-13-15(26)3)24-21(23-19)17-8-9-22-18-7-5-6-16(17)18;1-4-28(3,26)24-18-12-19(25-10-11-27-13-14(25)2)23-20(22-18)16-8-9-21-17-7-5-6-15(16)17;1-12-11-27-8-7-25(12)17-9-16(24-28(2,3)26)22-19(23-17)18-13-5-4-6-15(13)21-10-14(18)20;1-12-9-15-14(5-6-20-18(15)21-12)19-22-16(24-28(3,4)26)10-17(23-19)25-7-8-27-11-13(25)2/h3-4,8-9,12,15-16H,5-7,10-11,13-14H2,1-2H3;5-6,8-9,12,14-15H,7,10-11,13H2,1-4H3;5-6,8-9,12,14H,4,7,10-11,13H2,1-3H3;4-5,9-10,12H,6-8,11H2,1-3H3;5-6,9-10,13H,7-8,11H2,1-4H3,(H,20,21)/t15-,30?;15-,29?;14-,28?;12-;13-/m11111/s1. The normalized spacial score (nSPS) is 20.2. The van der Waals surface area contributed by atoms with Crippen LogP contribution in [-0.4, -0.2) is 290 Å². The molecule has 16 heterocycles. The van der Waals surface area contributed by atoms with Crippen LogP contribution in [0.5, 0.6) is 0 Å². The van der Waals surface area contributed by atoms with Crippen molar-refractivity contribution < 1.29 is 49.1 Å². The lowest BCUT2D eigenvalue weighted by Gasteiger charge is -2.34. The van der Waals surface area contributed by atoms with Crippen LogP contribution in [0.15, 0.2) is 138 Å². The zero-order chi connectivity index (χ0) is 101. The van der Waals surface area contributed by atoms with Crippen LogP contribution in [0.2, 0.25) is 0 Å². The van der Waals surface area contributed by atoms with Crippen molar-refractivity contribution in [3.05, 3.63) is 172 Å². The number of pyridine rings is 5. The van der Waals surface area contributed by atoms with Gasteiger partial charge in [0.05, 0.1) is 160 Å². The van der Waals surface area contributed by atoms with Gasteiger partial charge in [-0.15, -0.1) is 0 Å². The smallest absolute Gasteiger partial charge is 0.167 e.